The van der Waals surface area contributed by atoms with Gasteiger partial charge in [-0.15, -0.1) is 0 Å². The Morgan fingerprint density at radius 2 is 2.33 bits per heavy atom. The van der Waals surface area contributed by atoms with Crippen LogP contribution in [0.25, 0.3) is 0 Å². The minimum atomic E-state index is -0.0224. The number of Topliss-reactive ketones (excluding diaryl/α,β-unsaturated/α-hetero) is 1. The molecule has 0 saturated carbocycles. The van der Waals surface area contributed by atoms with Gasteiger partial charge in [-0.25, -0.2) is 0 Å². The number of anilines is 1. The molecule has 0 radical (unpaired) electrons. The minimum absolute atomic E-state index is 0.0224. The third-order valence-corrected chi connectivity index (χ3v) is 2.45. The molecule has 0 fully saturated rings. The topological polar surface area (TPSA) is 55.4 Å². The van der Waals surface area contributed by atoms with E-state index in [0.717, 1.165) is 17.7 Å². The number of carbonyl (C=O) groups excluding carboxylic acids is 2. The second-order valence-electron chi connectivity index (χ2n) is 3.39. The Balaban J connectivity index is 2.53. The van der Waals surface area contributed by atoms with Gasteiger partial charge in [0.1, 0.15) is 5.75 Å². The number of benzene rings is 1. The van der Waals surface area contributed by atoms with Crippen molar-refractivity contribution in [3.05, 3.63) is 23.3 Å². The Labute approximate surface area is 87.2 Å². The Bertz CT molecular complexity index is 426. The molecule has 0 unspecified atom stereocenters. The minimum Gasteiger partial charge on any atom is -0.492 e. The predicted octanol–water partition coefficient (Wildman–Crippen LogP) is 1.39. The molecule has 0 aromatic heterocycles. The zero-order chi connectivity index (χ0) is 10.8. The fourth-order valence-corrected chi connectivity index (χ4v) is 1.77. The number of nitrogens with one attached hydrogen (secondary N) is 1. The number of amides is 1. The number of hydrogen-bond donors (Lipinski definition) is 1. The van der Waals surface area contributed by atoms with Gasteiger partial charge in [0.15, 0.2) is 5.78 Å². The lowest BCUT2D eigenvalue weighted by molar-refractivity contribution is -0.105. The van der Waals surface area contributed by atoms with Gasteiger partial charge in [0.25, 0.3) is 0 Å². The van der Waals surface area contributed by atoms with Crippen molar-refractivity contribution < 1.29 is 14.3 Å². The molecule has 4 heteroatoms. The summed E-state index contributed by atoms with van der Waals surface area (Å²) in [7, 11) is 0. The van der Waals surface area contributed by atoms with Crippen molar-refractivity contribution in [2.24, 2.45) is 0 Å². The SMILES string of the molecule is CC(=O)c1ccc(NC=O)c2c1OCC2. The van der Waals surface area contributed by atoms with E-state index in [0.29, 0.717) is 24.3 Å². The summed E-state index contributed by atoms with van der Waals surface area (Å²) in [5.41, 5.74) is 2.22. The second kappa shape index (κ2) is 3.73. The third kappa shape index (κ3) is 1.58. The van der Waals surface area contributed by atoms with Crippen molar-refractivity contribution >= 4 is 17.9 Å². The zero-order valence-electron chi connectivity index (χ0n) is 8.37. The highest BCUT2D eigenvalue weighted by Gasteiger charge is 2.21. The van der Waals surface area contributed by atoms with Gasteiger partial charge in [-0.2, -0.15) is 0 Å². The van der Waals surface area contributed by atoms with Crippen LogP contribution in [0.5, 0.6) is 5.75 Å². The van der Waals surface area contributed by atoms with Crippen LogP contribution in [0.3, 0.4) is 0 Å². The van der Waals surface area contributed by atoms with Gasteiger partial charge in [0.05, 0.1) is 12.2 Å². The Morgan fingerprint density at radius 3 is 3.00 bits per heavy atom. The Morgan fingerprint density at radius 1 is 1.53 bits per heavy atom. The average Bonchev–Trinajstić information content (AvgIpc) is 2.66. The number of rotatable bonds is 3. The monoisotopic (exact) mass is 205 g/mol. The number of carbonyl (C=O) groups is 2. The normalized spacial score (nSPS) is 12.9. The summed E-state index contributed by atoms with van der Waals surface area (Å²) in [6.45, 7) is 2.07. The largest absolute Gasteiger partial charge is 0.492 e. The molecule has 1 N–H and O–H groups in total. The summed E-state index contributed by atoms with van der Waals surface area (Å²) in [6, 6.07) is 3.41. The first kappa shape index (κ1) is 9.71. The molecule has 1 heterocycles. The van der Waals surface area contributed by atoms with Crippen molar-refractivity contribution in [3.63, 3.8) is 0 Å². The Hall–Kier alpha value is -1.84. The smallest absolute Gasteiger partial charge is 0.211 e. The highest BCUT2D eigenvalue weighted by atomic mass is 16.5. The van der Waals surface area contributed by atoms with Crippen LogP contribution >= 0.6 is 0 Å². The molecule has 78 valence electrons. The van der Waals surface area contributed by atoms with Crippen LogP contribution < -0.4 is 10.1 Å². The van der Waals surface area contributed by atoms with Gasteiger partial charge in [-0.3, -0.25) is 9.59 Å². The summed E-state index contributed by atoms with van der Waals surface area (Å²) in [6.07, 6.45) is 1.36. The lowest BCUT2D eigenvalue weighted by Gasteiger charge is -2.08. The molecule has 1 amide bonds. The number of hydrogen-bond acceptors (Lipinski definition) is 3. The first-order valence-electron chi connectivity index (χ1n) is 4.74. The fraction of sp³-hybridized carbons (Fsp3) is 0.273. The summed E-state index contributed by atoms with van der Waals surface area (Å²) in [5.74, 6) is 0.597. The third-order valence-electron chi connectivity index (χ3n) is 2.45. The maximum atomic E-state index is 11.3. The van der Waals surface area contributed by atoms with Gasteiger partial charge >= 0.3 is 0 Å². The molecule has 1 aromatic rings. The summed E-state index contributed by atoms with van der Waals surface area (Å²) in [5, 5.41) is 2.60. The van der Waals surface area contributed by atoms with Crippen molar-refractivity contribution in [1.29, 1.82) is 0 Å². The molecule has 0 bridgehead atoms. The van der Waals surface area contributed by atoms with Crippen molar-refractivity contribution in [1.82, 2.24) is 0 Å². The van der Waals surface area contributed by atoms with Crippen LogP contribution in [0.15, 0.2) is 12.1 Å². The predicted molar refractivity (Wildman–Crippen MR) is 55.3 cm³/mol. The number of fused-ring (bicyclic) bond motifs is 1. The van der Waals surface area contributed by atoms with Crippen LogP contribution in [0.4, 0.5) is 5.69 Å². The van der Waals surface area contributed by atoms with E-state index in [9.17, 15) is 9.59 Å². The van der Waals surface area contributed by atoms with Crippen molar-refractivity contribution in [2.75, 3.05) is 11.9 Å². The van der Waals surface area contributed by atoms with Gasteiger partial charge in [0, 0.05) is 17.7 Å². The standard InChI is InChI=1S/C11H11NO3/c1-7(14)8-2-3-10(12-6-13)9-4-5-15-11(8)9/h2-3,6H,4-5H2,1H3,(H,12,13). The molecule has 15 heavy (non-hydrogen) atoms. The van der Waals surface area contributed by atoms with E-state index >= 15 is 0 Å². The fourth-order valence-electron chi connectivity index (χ4n) is 1.77. The van der Waals surface area contributed by atoms with Crippen LogP contribution in [0.2, 0.25) is 0 Å². The number of ketones is 1. The van der Waals surface area contributed by atoms with E-state index in [1.54, 1.807) is 12.1 Å². The highest BCUT2D eigenvalue weighted by molar-refractivity contribution is 5.98. The molecular formula is C11H11NO3. The van der Waals surface area contributed by atoms with E-state index in [4.69, 9.17) is 4.74 Å². The average molecular weight is 205 g/mol. The maximum Gasteiger partial charge on any atom is 0.211 e. The summed E-state index contributed by atoms with van der Waals surface area (Å²) in [4.78, 5) is 21.7. The maximum absolute atomic E-state index is 11.3. The van der Waals surface area contributed by atoms with E-state index in [1.807, 2.05) is 0 Å². The van der Waals surface area contributed by atoms with Crippen LogP contribution in [-0.2, 0) is 11.2 Å². The number of ether oxygens (including phenoxy) is 1. The van der Waals surface area contributed by atoms with Crippen LogP contribution in [0, 0.1) is 0 Å². The molecular weight excluding hydrogens is 194 g/mol. The van der Waals surface area contributed by atoms with E-state index in [2.05, 4.69) is 5.32 Å². The van der Waals surface area contributed by atoms with E-state index in [1.165, 1.54) is 6.92 Å². The molecule has 0 aliphatic carbocycles. The quantitative estimate of drug-likeness (QED) is 0.599. The van der Waals surface area contributed by atoms with Gasteiger partial charge in [-0.1, -0.05) is 0 Å². The Kier molecular flexibility index (Phi) is 2.41. The van der Waals surface area contributed by atoms with E-state index in [-0.39, 0.29) is 5.78 Å². The highest BCUT2D eigenvalue weighted by Crippen LogP contribution is 2.35. The molecule has 1 aromatic carbocycles. The van der Waals surface area contributed by atoms with Gasteiger partial charge < -0.3 is 10.1 Å². The summed E-state index contributed by atoms with van der Waals surface area (Å²) < 4.78 is 5.40. The van der Waals surface area contributed by atoms with Gasteiger partial charge in [0.2, 0.25) is 6.41 Å². The first-order chi connectivity index (χ1) is 7.24. The lowest BCUT2D eigenvalue weighted by atomic mass is 10.0. The zero-order valence-corrected chi connectivity index (χ0v) is 8.37. The van der Waals surface area contributed by atoms with E-state index < -0.39 is 0 Å². The molecule has 1 aliphatic heterocycles. The molecule has 0 saturated heterocycles. The molecule has 0 spiro atoms. The summed E-state index contributed by atoms with van der Waals surface area (Å²) >= 11 is 0. The van der Waals surface area contributed by atoms with Gasteiger partial charge in [-0.05, 0) is 19.1 Å². The van der Waals surface area contributed by atoms with Crippen LogP contribution in [-0.4, -0.2) is 18.8 Å². The first-order valence-corrected chi connectivity index (χ1v) is 4.74. The van der Waals surface area contributed by atoms with Crippen LogP contribution in [0.1, 0.15) is 22.8 Å². The second-order valence-corrected chi connectivity index (χ2v) is 3.39. The van der Waals surface area contributed by atoms with Crippen molar-refractivity contribution in [3.8, 4) is 5.75 Å². The van der Waals surface area contributed by atoms with Crippen molar-refractivity contribution in [2.45, 2.75) is 13.3 Å². The molecule has 4 nitrogen and oxygen atoms in total. The molecule has 2 rings (SSSR count). The lowest BCUT2D eigenvalue weighted by Crippen LogP contribution is -2.01. The molecule has 1 aliphatic rings. The molecule has 0 atom stereocenters.